The van der Waals surface area contributed by atoms with Gasteiger partial charge in [0.15, 0.2) is 0 Å². The van der Waals surface area contributed by atoms with E-state index in [9.17, 15) is 4.79 Å². The summed E-state index contributed by atoms with van der Waals surface area (Å²) < 4.78 is 11.0. The molecule has 0 unspecified atom stereocenters. The van der Waals surface area contributed by atoms with Crippen molar-refractivity contribution in [3.8, 4) is 0 Å². The van der Waals surface area contributed by atoms with Gasteiger partial charge >= 0.3 is 0 Å². The van der Waals surface area contributed by atoms with E-state index in [0.29, 0.717) is 38.8 Å². The lowest BCUT2D eigenvalue weighted by Gasteiger charge is -2.32. The summed E-state index contributed by atoms with van der Waals surface area (Å²) in [7, 11) is 0. The Morgan fingerprint density at radius 3 is 2.41 bits per heavy atom. The molecule has 2 N–H and O–H groups in total. The van der Waals surface area contributed by atoms with Crippen molar-refractivity contribution in [2.45, 2.75) is 39.2 Å². The topological polar surface area (TPSA) is 62.8 Å². The molecule has 0 atom stereocenters. The number of ether oxygens (including phenoxy) is 2. The summed E-state index contributed by atoms with van der Waals surface area (Å²) in [5.41, 5.74) is 0. The zero-order chi connectivity index (χ0) is 16.0. The second-order valence-electron chi connectivity index (χ2n) is 5.60. The minimum Gasteiger partial charge on any atom is -0.378 e. The Bertz CT molecular complexity index is 282. The molecule has 1 heterocycles. The lowest BCUT2D eigenvalue weighted by molar-refractivity contribution is -0.121. The highest BCUT2D eigenvalue weighted by molar-refractivity contribution is 5.75. The molecule has 0 aromatic carbocycles. The Labute approximate surface area is 134 Å². The van der Waals surface area contributed by atoms with E-state index in [4.69, 9.17) is 9.47 Å². The van der Waals surface area contributed by atoms with Gasteiger partial charge in [0.05, 0.1) is 26.4 Å². The van der Waals surface area contributed by atoms with Crippen LogP contribution < -0.4 is 10.6 Å². The van der Waals surface area contributed by atoms with Crippen LogP contribution in [0.5, 0.6) is 0 Å². The maximum Gasteiger partial charge on any atom is 0.219 e. The van der Waals surface area contributed by atoms with Crippen molar-refractivity contribution >= 4 is 5.91 Å². The molecule has 6 heteroatoms. The third-order valence-corrected chi connectivity index (χ3v) is 3.89. The molecule has 22 heavy (non-hydrogen) atoms. The van der Waals surface area contributed by atoms with E-state index in [1.165, 1.54) is 12.8 Å². The second-order valence-corrected chi connectivity index (χ2v) is 5.60. The van der Waals surface area contributed by atoms with Crippen LogP contribution in [-0.2, 0) is 14.3 Å². The van der Waals surface area contributed by atoms with Crippen molar-refractivity contribution < 1.29 is 14.3 Å². The number of likely N-dealkylation sites (tertiary alicyclic amines) is 1. The molecule has 1 saturated heterocycles. The van der Waals surface area contributed by atoms with Crippen LogP contribution in [0.4, 0.5) is 0 Å². The number of hydrogen-bond acceptors (Lipinski definition) is 5. The van der Waals surface area contributed by atoms with E-state index in [2.05, 4.69) is 22.5 Å². The summed E-state index contributed by atoms with van der Waals surface area (Å²) in [6.07, 6.45) is 3.00. The largest absolute Gasteiger partial charge is 0.378 e. The van der Waals surface area contributed by atoms with Crippen molar-refractivity contribution in [1.82, 2.24) is 15.5 Å². The third-order valence-electron chi connectivity index (χ3n) is 3.89. The number of rotatable bonds is 12. The molecule has 1 aliphatic heterocycles. The maximum absolute atomic E-state index is 11.0. The van der Waals surface area contributed by atoms with Crippen LogP contribution in [0.3, 0.4) is 0 Å². The lowest BCUT2D eigenvalue weighted by atomic mass is 10.1. The number of hydrogen-bond donors (Lipinski definition) is 2. The number of carbonyl (C=O) groups excluding carboxylic acids is 1. The Morgan fingerprint density at radius 1 is 1.09 bits per heavy atom. The van der Waals surface area contributed by atoms with E-state index in [-0.39, 0.29) is 5.91 Å². The predicted octanol–water partition coefficient (Wildman–Crippen LogP) is 0.620. The van der Waals surface area contributed by atoms with Gasteiger partial charge in [-0.3, -0.25) is 4.79 Å². The van der Waals surface area contributed by atoms with E-state index < -0.39 is 0 Å². The first-order valence-electron chi connectivity index (χ1n) is 8.64. The highest BCUT2D eigenvalue weighted by Gasteiger charge is 2.17. The second kappa shape index (κ2) is 12.8. The number of amides is 1. The summed E-state index contributed by atoms with van der Waals surface area (Å²) in [5, 5.41) is 6.29. The molecule has 0 saturated carbocycles. The Hall–Kier alpha value is -0.690. The Morgan fingerprint density at radius 2 is 1.77 bits per heavy atom. The predicted molar refractivity (Wildman–Crippen MR) is 88.1 cm³/mol. The monoisotopic (exact) mass is 315 g/mol. The zero-order valence-electron chi connectivity index (χ0n) is 14.2. The van der Waals surface area contributed by atoms with Crippen LogP contribution >= 0.6 is 0 Å². The zero-order valence-corrected chi connectivity index (χ0v) is 14.2. The summed E-state index contributed by atoms with van der Waals surface area (Å²) in [6, 6.07) is 0.698. The van der Waals surface area contributed by atoms with Gasteiger partial charge in [-0.1, -0.05) is 13.8 Å². The number of nitrogens with zero attached hydrogens (tertiary/aromatic N) is 1. The van der Waals surface area contributed by atoms with E-state index in [1.54, 1.807) is 0 Å². The molecule has 1 rings (SSSR count). The number of carbonyl (C=O) groups is 1. The van der Waals surface area contributed by atoms with E-state index in [1.807, 2.05) is 6.92 Å². The number of nitrogens with one attached hydrogen (secondary N) is 2. The van der Waals surface area contributed by atoms with Crippen LogP contribution in [0, 0.1) is 0 Å². The average molecular weight is 315 g/mol. The molecular weight excluding hydrogens is 282 g/mol. The van der Waals surface area contributed by atoms with Crippen LogP contribution in [0.25, 0.3) is 0 Å². The van der Waals surface area contributed by atoms with Gasteiger partial charge < -0.3 is 25.0 Å². The Kier molecular flexibility index (Phi) is 11.3. The van der Waals surface area contributed by atoms with Crippen molar-refractivity contribution in [3.63, 3.8) is 0 Å². The highest BCUT2D eigenvalue weighted by Crippen LogP contribution is 2.09. The van der Waals surface area contributed by atoms with Gasteiger partial charge in [-0.05, 0) is 32.5 Å². The minimum atomic E-state index is 0.0674. The smallest absolute Gasteiger partial charge is 0.219 e. The van der Waals surface area contributed by atoms with Crippen molar-refractivity contribution in [1.29, 1.82) is 0 Å². The van der Waals surface area contributed by atoms with Crippen LogP contribution in [0.2, 0.25) is 0 Å². The molecule has 0 bridgehead atoms. The van der Waals surface area contributed by atoms with Gasteiger partial charge in [-0.2, -0.15) is 0 Å². The molecule has 0 aromatic heterocycles. The fraction of sp³-hybridized carbons (Fsp3) is 0.938. The van der Waals surface area contributed by atoms with Crippen LogP contribution in [0.1, 0.15) is 33.1 Å². The fourth-order valence-corrected chi connectivity index (χ4v) is 2.55. The number of piperidine rings is 1. The molecule has 1 aliphatic rings. The maximum atomic E-state index is 11.0. The molecule has 130 valence electrons. The van der Waals surface area contributed by atoms with Crippen LogP contribution in [0.15, 0.2) is 0 Å². The summed E-state index contributed by atoms with van der Waals surface area (Å²) in [4.78, 5) is 13.5. The first kappa shape index (κ1) is 19.4. The summed E-state index contributed by atoms with van der Waals surface area (Å²) in [6.45, 7) is 11.5. The molecule has 1 fully saturated rings. The van der Waals surface area contributed by atoms with Crippen molar-refractivity contribution in [2.75, 3.05) is 59.2 Å². The molecular formula is C16H33N3O3. The SMILES string of the molecule is CCNC1CCN(CCOCCOCCNC(=O)CC)CC1. The quantitative estimate of drug-likeness (QED) is 0.517. The van der Waals surface area contributed by atoms with E-state index >= 15 is 0 Å². The Balaban J connectivity index is 1.83. The van der Waals surface area contributed by atoms with Crippen LogP contribution in [-0.4, -0.2) is 76.0 Å². The first-order chi connectivity index (χ1) is 10.8. The van der Waals surface area contributed by atoms with Crippen molar-refractivity contribution in [3.05, 3.63) is 0 Å². The van der Waals surface area contributed by atoms with Gasteiger partial charge in [0.25, 0.3) is 0 Å². The van der Waals surface area contributed by atoms with Gasteiger partial charge in [0, 0.05) is 25.6 Å². The third kappa shape index (κ3) is 9.35. The minimum absolute atomic E-state index is 0.0674. The standard InChI is InChI=1S/C16H33N3O3/c1-3-16(20)18-7-11-21-13-14-22-12-10-19-8-5-15(6-9-19)17-4-2/h15,17H,3-14H2,1-2H3,(H,18,20). The lowest BCUT2D eigenvalue weighted by Crippen LogP contribution is -2.43. The molecule has 0 radical (unpaired) electrons. The van der Waals surface area contributed by atoms with Gasteiger partial charge in [-0.15, -0.1) is 0 Å². The van der Waals surface area contributed by atoms with Gasteiger partial charge in [0.2, 0.25) is 5.91 Å². The highest BCUT2D eigenvalue weighted by atomic mass is 16.5. The average Bonchev–Trinajstić information content (AvgIpc) is 2.54. The first-order valence-corrected chi connectivity index (χ1v) is 8.64. The van der Waals surface area contributed by atoms with E-state index in [0.717, 1.165) is 32.8 Å². The molecule has 0 spiro atoms. The summed E-state index contributed by atoms with van der Waals surface area (Å²) in [5.74, 6) is 0.0674. The van der Waals surface area contributed by atoms with Gasteiger partial charge in [-0.25, -0.2) is 0 Å². The fourth-order valence-electron chi connectivity index (χ4n) is 2.55. The molecule has 0 aliphatic carbocycles. The normalized spacial score (nSPS) is 16.8. The van der Waals surface area contributed by atoms with Crippen molar-refractivity contribution in [2.24, 2.45) is 0 Å². The van der Waals surface area contributed by atoms with Gasteiger partial charge in [0.1, 0.15) is 0 Å². The molecule has 0 aromatic rings. The molecule has 1 amide bonds. The summed E-state index contributed by atoms with van der Waals surface area (Å²) >= 11 is 0. The molecule has 6 nitrogen and oxygen atoms in total.